The predicted octanol–water partition coefficient (Wildman–Crippen LogP) is 2.17. The number of benzene rings is 1. The molecule has 7 nitrogen and oxygen atoms in total. The number of amides is 1. The van der Waals surface area contributed by atoms with E-state index in [1.807, 2.05) is 0 Å². The van der Waals surface area contributed by atoms with Gasteiger partial charge in [0.15, 0.2) is 11.6 Å². The smallest absolute Gasteiger partial charge is 0.285 e. The minimum absolute atomic E-state index is 0.275. The van der Waals surface area contributed by atoms with Gasteiger partial charge in [-0.15, -0.1) is 0 Å². The van der Waals surface area contributed by atoms with Gasteiger partial charge in [-0.1, -0.05) is 0 Å². The molecule has 0 saturated carbocycles. The summed E-state index contributed by atoms with van der Waals surface area (Å²) in [6.45, 7) is 1.69. The minimum atomic E-state index is -1.39. The predicted molar refractivity (Wildman–Crippen MR) is 68.9 cm³/mol. The average Bonchev–Trinajstić information content (AvgIpc) is 2.70. The molecule has 21 heavy (non-hydrogen) atoms. The third-order valence-electron chi connectivity index (χ3n) is 2.72. The number of rotatable bonds is 3. The fraction of sp³-hybridized carbons (Fsp3) is 0.167. The van der Waals surface area contributed by atoms with Crippen LogP contribution in [-0.4, -0.2) is 20.6 Å². The summed E-state index contributed by atoms with van der Waals surface area (Å²) in [5.74, 6) is -3.39. The standard InChI is InChI=1S/C12H10F2N4O3/c1-6-3-11(17(2)16-6)15-12(19)7-4-8(13)9(14)5-10(7)18(20)21/h3-5H,1-2H3,(H,15,19). The Bertz CT molecular complexity index is 742. The lowest BCUT2D eigenvalue weighted by Gasteiger charge is -2.06. The van der Waals surface area contributed by atoms with Crippen molar-refractivity contribution in [1.29, 1.82) is 0 Å². The van der Waals surface area contributed by atoms with Gasteiger partial charge in [0.1, 0.15) is 11.4 Å². The van der Waals surface area contributed by atoms with Crippen molar-refractivity contribution in [3.63, 3.8) is 0 Å². The van der Waals surface area contributed by atoms with Crippen molar-refractivity contribution in [2.75, 3.05) is 5.32 Å². The average molecular weight is 296 g/mol. The quantitative estimate of drug-likeness (QED) is 0.694. The second-order valence-corrected chi connectivity index (χ2v) is 4.29. The zero-order valence-corrected chi connectivity index (χ0v) is 11.1. The van der Waals surface area contributed by atoms with Gasteiger partial charge in [0.2, 0.25) is 0 Å². The summed E-state index contributed by atoms with van der Waals surface area (Å²) in [6, 6.07) is 2.40. The number of anilines is 1. The molecule has 0 atom stereocenters. The van der Waals surface area contributed by atoms with Gasteiger partial charge >= 0.3 is 0 Å². The van der Waals surface area contributed by atoms with Crippen molar-refractivity contribution < 1.29 is 18.5 Å². The summed E-state index contributed by atoms with van der Waals surface area (Å²) in [5, 5.41) is 17.2. The van der Waals surface area contributed by atoms with Crippen LogP contribution in [0.2, 0.25) is 0 Å². The van der Waals surface area contributed by atoms with E-state index in [-0.39, 0.29) is 5.82 Å². The second-order valence-electron chi connectivity index (χ2n) is 4.29. The van der Waals surface area contributed by atoms with Crippen LogP contribution in [0, 0.1) is 28.7 Å². The summed E-state index contributed by atoms with van der Waals surface area (Å²) >= 11 is 0. The van der Waals surface area contributed by atoms with E-state index in [1.165, 1.54) is 10.7 Å². The Morgan fingerprint density at radius 2 is 1.95 bits per heavy atom. The van der Waals surface area contributed by atoms with Crippen LogP contribution in [0.5, 0.6) is 0 Å². The first-order valence-electron chi connectivity index (χ1n) is 5.75. The van der Waals surface area contributed by atoms with Crippen molar-refractivity contribution in [2.24, 2.45) is 7.05 Å². The van der Waals surface area contributed by atoms with Crippen molar-refractivity contribution in [1.82, 2.24) is 9.78 Å². The molecule has 0 saturated heterocycles. The van der Waals surface area contributed by atoms with Gasteiger partial charge in [-0.05, 0) is 13.0 Å². The Hall–Kier alpha value is -2.84. The molecule has 0 radical (unpaired) electrons. The zero-order valence-electron chi connectivity index (χ0n) is 11.1. The van der Waals surface area contributed by atoms with Crippen LogP contribution in [0.1, 0.15) is 16.1 Å². The topological polar surface area (TPSA) is 90.1 Å². The molecule has 2 rings (SSSR count). The van der Waals surface area contributed by atoms with Gasteiger partial charge in [-0.25, -0.2) is 8.78 Å². The number of nitrogens with zero attached hydrogens (tertiary/aromatic N) is 3. The van der Waals surface area contributed by atoms with Crippen LogP contribution in [0.4, 0.5) is 20.3 Å². The zero-order chi connectivity index (χ0) is 15.7. The maximum absolute atomic E-state index is 13.2. The van der Waals surface area contributed by atoms with E-state index in [0.29, 0.717) is 17.8 Å². The number of hydrogen-bond donors (Lipinski definition) is 1. The number of halogens is 2. The van der Waals surface area contributed by atoms with Crippen molar-refractivity contribution >= 4 is 17.4 Å². The van der Waals surface area contributed by atoms with Gasteiger partial charge in [0, 0.05) is 13.1 Å². The number of hydrogen-bond acceptors (Lipinski definition) is 4. The highest BCUT2D eigenvalue weighted by molar-refractivity contribution is 6.06. The largest absolute Gasteiger partial charge is 0.307 e. The summed E-state index contributed by atoms with van der Waals surface area (Å²) < 4.78 is 27.6. The van der Waals surface area contributed by atoms with Crippen molar-refractivity contribution in [2.45, 2.75) is 6.92 Å². The molecule has 1 N–H and O–H groups in total. The number of nitro benzene ring substituents is 1. The van der Waals surface area contributed by atoms with E-state index in [0.717, 1.165) is 0 Å². The fourth-order valence-corrected chi connectivity index (χ4v) is 1.78. The van der Waals surface area contributed by atoms with E-state index in [4.69, 9.17) is 0 Å². The first-order chi connectivity index (χ1) is 9.79. The molecule has 1 heterocycles. The number of nitro groups is 1. The Balaban J connectivity index is 2.41. The van der Waals surface area contributed by atoms with Gasteiger partial charge in [-0.3, -0.25) is 19.6 Å². The lowest BCUT2D eigenvalue weighted by Crippen LogP contribution is -2.16. The first kappa shape index (κ1) is 14.6. The van der Waals surface area contributed by atoms with Crippen LogP contribution in [0.25, 0.3) is 0 Å². The van der Waals surface area contributed by atoms with Gasteiger partial charge in [-0.2, -0.15) is 5.10 Å². The van der Waals surface area contributed by atoms with Crippen molar-refractivity contribution in [3.8, 4) is 0 Å². The molecular formula is C12H10F2N4O3. The van der Waals surface area contributed by atoms with E-state index in [2.05, 4.69) is 10.4 Å². The highest BCUT2D eigenvalue weighted by Crippen LogP contribution is 2.23. The highest BCUT2D eigenvalue weighted by Gasteiger charge is 2.24. The van der Waals surface area contributed by atoms with Crippen LogP contribution in [-0.2, 0) is 7.05 Å². The molecule has 1 aromatic heterocycles. The van der Waals surface area contributed by atoms with E-state index >= 15 is 0 Å². The molecule has 1 aromatic carbocycles. The maximum atomic E-state index is 13.2. The monoisotopic (exact) mass is 296 g/mol. The number of aromatic nitrogens is 2. The Labute approximate surface area is 117 Å². The third-order valence-corrected chi connectivity index (χ3v) is 2.72. The molecule has 1 amide bonds. The lowest BCUT2D eigenvalue weighted by atomic mass is 10.1. The molecule has 2 aromatic rings. The molecule has 0 aliphatic heterocycles. The van der Waals surface area contributed by atoms with Crippen LogP contribution in [0.3, 0.4) is 0 Å². The second kappa shape index (κ2) is 5.27. The van der Waals surface area contributed by atoms with Crippen LogP contribution >= 0.6 is 0 Å². The Kier molecular flexibility index (Phi) is 3.66. The minimum Gasteiger partial charge on any atom is -0.307 e. The summed E-state index contributed by atoms with van der Waals surface area (Å²) in [4.78, 5) is 21.9. The molecule has 0 aliphatic carbocycles. The SMILES string of the molecule is Cc1cc(NC(=O)c2cc(F)c(F)cc2[N+](=O)[O-])n(C)n1. The van der Waals surface area contributed by atoms with E-state index in [9.17, 15) is 23.7 Å². The summed E-state index contributed by atoms with van der Waals surface area (Å²) in [5.41, 5.74) is -0.768. The van der Waals surface area contributed by atoms with Crippen molar-refractivity contribution in [3.05, 3.63) is 51.2 Å². The molecule has 0 spiro atoms. The molecule has 0 bridgehead atoms. The number of nitrogens with one attached hydrogen (secondary N) is 1. The summed E-state index contributed by atoms with van der Waals surface area (Å²) in [6.07, 6.45) is 0. The van der Waals surface area contributed by atoms with Gasteiger partial charge in [0.25, 0.3) is 11.6 Å². The maximum Gasteiger partial charge on any atom is 0.285 e. The molecule has 110 valence electrons. The number of carbonyl (C=O) groups excluding carboxylic acids is 1. The molecule has 0 fully saturated rings. The van der Waals surface area contributed by atoms with E-state index in [1.54, 1.807) is 14.0 Å². The third kappa shape index (κ3) is 2.86. The van der Waals surface area contributed by atoms with Gasteiger partial charge in [0.05, 0.1) is 16.7 Å². The fourth-order valence-electron chi connectivity index (χ4n) is 1.78. The first-order valence-corrected chi connectivity index (χ1v) is 5.75. The Morgan fingerprint density at radius 1 is 1.33 bits per heavy atom. The number of aryl methyl sites for hydroxylation is 2. The molecule has 0 unspecified atom stereocenters. The molecular weight excluding hydrogens is 286 g/mol. The van der Waals surface area contributed by atoms with Crippen LogP contribution < -0.4 is 5.32 Å². The van der Waals surface area contributed by atoms with Gasteiger partial charge < -0.3 is 5.32 Å². The Morgan fingerprint density at radius 3 is 2.48 bits per heavy atom. The normalized spacial score (nSPS) is 10.5. The van der Waals surface area contributed by atoms with E-state index < -0.39 is 33.7 Å². The highest BCUT2D eigenvalue weighted by atomic mass is 19.2. The molecule has 9 heteroatoms. The molecule has 0 aliphatic rings. The number of carbonyl (C=O) groups is 1. The van der Waals surface area contributed by atoms with Crippen LogP contribution in [0.15, 0.2) is 18.2 Å². The lowest BCUT2D eigenvalue weighted by molar-refractivity contribution is -0.385. The summed E-state index contributed by atoms with van der Waals surface area (Å²) in [7, 11) is 1.56.